The van der Waals surface area contributed by atoms with Gasteiger partial charge in [-0.3, -0.25) is 4.98 Å². The number of rotatable bonds is 5. The highest BCUT2D eigenvalue weighted by Gasteiger charge is 2.27. The Morgan fingerprint density at radius 2 is 2.09 bits per heavy atom. The molecule has 1 saturated heterocycles. The molecule has 3 heterocycles. The van der Waals surface area contributed by atoms with Crippen LogP contribution in [0.15, 0.2) is 48.7 Å². The summed E-state index contributed by atoms with van der Waals surface area (Å²) >= 11 is 0. The summed E-state index contributed by atoms with van der Waals surface area (Å²) < 4.78 is 8.47. The van der Waals surface area contributed by atoms with E-state index in [1.165, 1.54) is 0 Å². The molecule has 7 nitrogen and oxygen atoms in total. The van der Waals surface area contributed by atoms with Gasteiger partial charge in [-0.15, -0.1) is 0 Å². The molecule has 168 valence electrons. The Kier molecular flexibility index (Phi) is 5.61. The molecule has 2 atom stereocenters. The lowest BCUT2D eigenvalue weighted by Crippen LogP contribution is -2.49. The van der Waals surface area contributed by atoms with Crippen molar-refractivity contribution in [3.05, 3.63) is 60.0 Å². The molecule has 33 heavy (non-hydrogen) atoms. The molecule has 2 aromatic heterocycles. The molecule has 0 amide bonds. The molecule has 0 unspecified atom stereocenters. The van der Waals surface area contributed by atoms with Crippen molar-refractivity contribution in [2.45, 2.75) is 39.5 Å². The molecule has 5 rings (SSSR count). The van der Waals surface area contributed by atoms with E-state index >= 15 is 0 Å². The second-order valence-corrected chi connectivity index (χ2v) is 8.60. The smallest absolute Gasteiger partial charge is 0.106 e. The van der Waals surface area contributed by atoms with E-state index in [0.29, 0.717) is 12.1 Å². The summed E-state index contributed by atoms with van der Waals surface area (Å²) in [4.78, 5) is 11.5. The van der Waals surface area contributed by atoms with Crippen molar-refractivity contribution >= 4 is 33.3 Å². The normalized spacial score (nSPS) is 18.5. The first-order valence-corrected chi connectivity index (χ1v) is 11.5. The number of nitriles is 1. The van der Waals surface area contributed by atoms with E-state index in [1.807, 2.05) is 31.2 Å². The van der Waals surface area contributed by atoms with Crippen LogP contribution in [0.2, 0.25) is 0 Å². The van der Waals surface area contributed by atoms with Gasteiger partial charge in [0.1, 0.15) is 11.9 Å². The van der Waals surface area contributed by atoms with Crippen LogP contribution < -0.4 is 10.2 Å². The van der Waals surface area contributed by atoms with Crippen LogP contribution in [-0.2, 0) is 11.3 Å². The Hall–Kier alpha value is -3.63. The number of hydrogen-bond acceptors (Lipinski definition) is 6. The molecule has 1 N–H and O–H groups in total. The van der Waals surface area contributed by atoms with Gasteiger partial charge in [0.25, 0.3) is 0 Å². The molecule has 1 aliphatic heterocycles. The average molecular weight is 441 g/mol. The van der Waals surface area contributed by atoms with Gasteiger partial charge in [-0.1, -0.05) is 0 Å². The maximum absolute atomic E-state index is 9.46. The zero-order chi connectivity index (χ0) is 22.9. The van der Waals surface area contributed by atoms with Crippen molar-refractivity contribution in [3.63, 3.8) is 0 Å². The number of nitrogens with one attached hydrogen (secondary N) is 1. The van der Waals surface area contributed by atoms with Gasteiger partial charge < -0.3 is 19.5 Å². The van der Waals surface area contributed by atoms with E-state index in [-0.39, 0.29) is 12.2 Å². The maximum Gasteiger partial charge on any atom is 0.106 e. The molecular formula is C26H28N6O. The van der Waals surface area contributed by atoms with E-state index in [4.69, 9.17) is 9.72 Å². The standard InChI is InChI=1S/C26H28N6O/c1-4-32-18(3)30-23-12-20(8-10-25(23)32)29-14-21-16-31(15-17(2)33-21)24-9-7-19(13-27)26-22(24)6-5-11-28-26/h5-12,17,21,29H,4,14-16H2,1-3H3/t17-,21-/m1/s1. The van der Waals surface area contributed by atoms with Crippen LogP contribution in [0.3, 0.4) is 0 Å². The molecule has 7 heteroatoms. The van der Waals surface area contributed by atoms with E-state index in [9.17, 15) is 5.26 Å². The van der Waals surface area contributed by atoms with Gasteiger partial charge in [-0.25, -0.2) is 4.98 Å². The van der Waals surface area contributed by atoms with E-state index in [0.717, 1.165) is 58.8 Å². The fraction of sp³-hybridized carbons (Fsp3) is 0.346. The van der Waals surface area contributed by atoms with Crippen molar-refractivity contribution in [2.24, 2.45) is 0 Å². The topological polar surface area (TPSA) is 79.0 Å². The SMILES string of the molecule is CCn1c(C)nc2cc(NC[C@@H]3CN(c4ccc(C#N)c5ncccc45)C[C@@H](C)O3)ccc21. The van der Waals surface area contributed by atoms with Crippen LogP contribution in [0.4, 0.5) is 11.4 Å². The number of hydrogen-bond donors (Lipinski definition) is 1. The third-order valence-electron chi connectivity index (χ3n) is 6.32. The predicted octanol–water partition coefficient (Wildman–Crippen LogP) is 4.49. The average Bonchev–Trinajstić information content (AvgIpc) is 3.15. The molecule has 0 saturated carbocycles. The summed E-state index contributed by atoms with van der Waals surface area (Å²) in [6.07, 6.45) is 1.86. The summed E-state index contributed by atoms with van der Waals surface area (Å²) in [5, 5.41) is 14.0. The molecule has 2 aromatic carbocycles. The Morgan fingerprint density at radius 3 is 2.91 bits per heavy atom. The van der Waals surface area contributed by atoms with E-state index < -0.39 is 0 Å². The largest absolute Gasteiger partial charge is 0.382 e. The number of pyridine rings is 1. The van der Waals surface area contributed by atoms with Gasteiger partial charge in [-0.2, -0.15) is 5.26 Å². The molecule has 0 spiro atoms. The van der Waals surface area contributed by atoms with E-state index in [1.54, 1.807) is 6.20 Å². The maximum atomic E-state index is 9.46. The summed E-state index contributed by atoms with van der Waals surface area (Å²) in [5.74, 6) is 1.04. The van der Waals surface area contributed by atoms with Crippen LogP contribution in [0.1, 0.15) is 25.2 Å². The van der Waals surface area contributed by atoms with Crippen molar-refractivity contribution in [1.29, 1.82) is 5.26 Å². The monoisotopic (exact) mass is 440 g/mol. The zero-order valence-corrected chi connectivity index (χ0v) is 19.2. The van der Waals surface area contributed by atoms with Crippen LogP contribution in [0, 0.1) is 18.3 Å². The number of morpholine rings is 1. The zero-order valence-electron chi connectivity index (χ0n) is 19.2. The number of ether oxygens (including phenoxy) is 1. The van der Waals surface area contributed by atoms with Crippen LogP contribution in [0.25, 0.3) is 21.9 Å². The highest BCUT2D eigenvalue weighted by molar-refractivity contribution is 5.95. The summed E-state index contributed by atoms with van der Waals surface area (Å²) in [5.41, 5.74) is 5.67. The minimum atomic E-state index is 0.0294. The quantitative estimate of drug-likeness (QED) is 0.493. The van der Waals surface area contributed by atoms with Crippen LogP contribution in [-0.4, -0.2) is 46.4 Å². The Balaban J connectivity index is 1.35. The first kappa shape index (κ1) is 21.2. The molecule has 0 bridgehead atoms. The van der Waals surface area contributed by atoms with Gasteiger partial charge in [0, 0.05) is 49.1 Å². The van der Waals surface area contributed by atoms with Crippen molar-refractivity contribution in [1.82, 2.24) is 14.5 Å². The predicted molar refractivity (Wildman–Crippen MR) is 132 cm³/mol. The number of aromatic nitrogens is 3. The summed E-state index contributed by atoms with van der Waals surface area (Å²) in [6.45, 7) is 9.47. The highest BCUT2D eigenvalue weighted by atomic mass is 16.5. The summed E-state index contributed by atoms with van der Waals surface area (Å²) in [6, 6.07) is 16.5. The lowest BCUT2D eigenvalue weighted by molar-refractivity contribution is -0.00819. The Morgan fingerprint density at radius 1 is 1.21 bits per heavy atom. The van der Waals surface area contributed by atoms with Gasteiger partial charge in [0.15, 0.2) is 0 Å². The number of fused-ring (bicyclic) bond motifs is 2. The van der Waals surface area contributed by atoms with Crippen molar-refractivity contribution in [2.75, 3.05) is 29.9 Å². The first-order valence-electron chi connectivity index (χ1n) is 11.5. The van der Waals surface area contributed by atoms with E-state index in [2.05, 4.69) is 57.9 Å². The van der Waals surface area contributed by atoms with Gasteiger partial charge in [0.05, 0.1) is 34.3 Å². The molecule has 0 radical (unpaired) electrons. The van der Waals surface area contributed by atoms with Crippen molar-refractivity contribution < 1.29 is 4.74 Å². The first-order chi connectivity index (χ1) is 16.1. The molecule has 1 fully saturated rings. The van der Waals surface area contributed by atoms with Gasteiger partial charge in [0.2, 0.25) is 0 Å². The molecule has 4 aromatic rings. The van der Waals surface area contributed by atoms with Crippen molar-refractivity contribution in [3.8, 4) is 6.07 Å². The van der Waals surface area contributed by atoms with Gasteiger partial charge in [-0.05, 0) is 63.2 Å². The lowest BCUT2D eigenvalue weighted by Gasteiger charge is -2.39. The minimum Gasteiger partial charge on any atom is -0.382 e. The molecule has 1 aliphatic rings. The molecule has 0 aliphatic carbocycles. The van der Waals surface area contributed by atoms with Crippen LogP contribution in [0.5, 0.6) is 0 Å². The van der Waals surface area contributed by atoms with Gasteiger partial charge >= 0.3 is 0 Å². The highest BCUT2D eigenvalue weighted by Crippen LogP contribution is 2.30. The fourth-order valence-electron chi connectivity index (χ4n) is 4.87. The third kappa shape index (κ3) is 3.98. The Labute approximate surface area is 193 Å². The fourth-order valence-corrected chi connectivity index (χ4v) is 4.87. The number of aryl methyl sites for hydroxylation is 2. The second-order valence-electron chi connectivity index (χ2n) is 8.60. The Bertz CT molecular complexity index is 1350. The second kappa shape index (κ2) is 8.72. The molecular weight excluding hydrogens is 412 g/mol. The minimum absolute atomic E-state index is 0.0294. The summed E-state index contributed by atoms with van der Waals surface area (Å²) in [7, 11) is 0. The number of nitrogens with zero attached hydrogens (tertiary/aromatic N) is 5. The lowest BCUT2D eigenvalue weighted by atomic mass is 10.1. The number of benzene rings is 2. The number of imidazole rings is 1. The third-order valence-corrected chi connectivity index (χ3v) is 6.32. The number of anilines is 2. The van der Waals surface area contributed by atoms with Crippen LogP contribution >= 0.6 is 0 Å².